The molecule has 0 aliphatic heterocycles. The highest BCUT2D eigenvalue weighted by Crippen LogP contribution is 2.19. The zero-order valence-electron chi connectivity index (χ0n) is 9.04. The fourth-order valence-corrected chi connectivity index (χ4v) is 1.08. The fraction of sp³-hybridized carbons (Fsp3) is 0.556. The topological polar surface area (TPSA) is 59.1 Å². The van der Waals surface area contributed by atoms with Crippen molar-refractivity contribution in [3.8, 4) is 6.01 Å². The number of hydrogen-bond acceptors (Lipinski definition) is 5. The van der Waals surface area contributed by atoms with Crippen LogP contribution in [-0.2, 0) is 0 Å². The average Bonchev–Trinajstić information content (AvgIpc) is 2.27. The van der Waals surface area contributed by atoms with Crippen molar-refractivity contribution < 1.29 is 4.74 Å². The van der Waals surface area contributed by atoms with Crippen LogP contribution in [0.5, 0.6) is 6.01 Å². The highest BCUT2D eigenvalue weighted by Gasteiger charge is 2.06. The summed E-state index contributed by atoms with van der Waals surface area (Å²) in [4.78, 5) is 7.98. The molecule has 84 valence electrons. The maximum absolute atomic E-state index is 5.92. The summed E-state index contributed by atoms with van der Waals surface area (Å²) in [5, 5.41) is 6.70. The molecular weight excluding hydrogens is 216 g/mol. The second-order valence-corrected chi connectivity index (χ2v) is 3.53. The van der Waals surface area contributed by atoms with Crippen LogP contribution in [0.4, 0.5) is 5.82 Å². The van der Waals surface area contributed by atoms with E-state index >= 15 is 0 Å². The molecule has 15 heavy (non-hydrogen) atoms. The number of hydrogen-bond donors (Lipinski definition) is 2. The monoisotopic (exact) mass is 230 g/mol. The van der Waals surface area contributed by atoms with E-state index in [4.69, 9.17) is 16.3 Å². The van der Waals surface area contributed by atoms with E-state index in [-0.39, 0.29) is 0 Å². The van der Waals surface area contributed by atoms with Crippen LogP contribution >= 0.6 is 11.6 Å². The molecule has 0 aromatic carbocycles. The van der Waals surface area contributed by atoms with Gasteiger partial charge < -0.3 is 15.4 Å². The van der Waals surface area contributed by atoms with Crippen molar-refractivity contribution in [2.24, 2.45) is 0 Å². The van der Waals surface area contributed by atoms with Gasteiger partial charge in [0, 0.05) is 12.6 Å². The molecule has 5 nitrogen and oxygen atoms in total. The number of anilines is 1. The van der Waals surface area contributed by atoms with Gasteiger partial charge >= 0.3 is 6.01 Å². The third-order valence-electron chi connectivity index (χ3n) is 1.97. The number of nitrogens with zero attached hydrogens (tertiary/aromatic N) is 2. The van der Waals surface area contributed by atoms with Gasteiger partial charge in [-0.1, -0.05) is 11.6 Å². The van der Waals surface area contributed by atoms with Crippen molar-refractivity contribution in [1.29, 1.82) is 0 Å². The van der Waals surface area contributed by atoms with Gasteiger partial charge in [0.25, 0.3) is 0 Å². The molecule has 1 aromatic rings. The lowest BCUT2D eigenvalue weighted by Gasteiger charge is -2.12. The lowest BCUT2D eigenvalue weighted by atomic mass is 10.3. The maximum atomic E-state index is 5.92. The van der Waals surface area contributed by atoms with Crippen LogP contribution < -0.4 is 15.4 Å². The molecule has 0 fully saturated rings. The van der Waals surface area contributed by atoms with Gasteiger partial charge in [-0.15, -0.1) is 0 Å². The highest BCUT2D eigenvalue weighted by molar-refractivity contribution is 6.32. The molecule has 1 atom stereocenters. The zero-order chi connectivity index (χ0) is 11.3. The van der Waals surface area contributed by atoms with Crippen LogP contribution in [-0.4, -0.2) is 36.7 Å². The Labute approximate surface area is 94.2 Å². The van der Waals surface area contributed by atoms with Gasteiger partial charge in [-0.3, -0.25) is 0 Å². The number of halogens is 1. The van der Waals surface area contributed by atoms with E-state index in [0.29, 0.717) is 22.9 Å². The predicted molar refractivity (Wildman–Crippen MR) is 60.6 cm³/mol. The Morgan fingerprint density at radius 1 is 1.60 bits per heavy atom. The Hall–Kier alpha value is -1.07. The molecule has 0 radical (unpaired) electrons. The molecule has 6 heteroatoms. The minimum Gasteiger partial charge on any atom is -0.467 e. The summed E-state index contributed by atoms with van der Waals surface area (Å²) >= 11 is 5.92. The van der Waals surface area contributed by atoms with Crippen LogP contribution in [0.3, 0.4) is 0 Å². The van der Waals surface area contributed by atoms with Crippen molar-refractivity contribution >= 4 is 17.4 Å². The lowest BCUT2D eigenvalue weighted by molar-refractivity contribution is 0.380. The Morgan fingerprint density at radius 2 is 2.33 bits per heavy atom. The first kappa shape index (κ1) is 12.0. The first-order chi connectivity index (χ1) is 7.17. The quantitative estimate of drug-likeness (QED) is 0.795. The molecule has 2 N–H and O–H groups in total. The van der Waals surface area contributed by atoms with Crippen molar-refractivity contribution in [1.82, 2.24) is 15.3 Å². The van der Waals surface area contributed by atoms with Gasteiger partial charge in [0.1, 0.15) is 5.02 Å². The molecule has 0 aliphatic carbocycles. The van der Waals surface area contributed by atoms with Crippen LogP contribution in [0.25, 0.3) is 0 Å². The van der Waals surface area contributed by atoms with Crippen molar-refractivity contribution in [2.45, 2.75) is 13.0 Å². The van der Waals surface area contributed by atoms with Crippen molar-refractivity contribution in [2.75, 3.05) is 26.0 Å². The third kappa shape index (κ3) is 3.53. The van der Waals surface area contributed by atoms with E-state index in [9.17, 15) is 0 Å². The van der Waals surface area contributed by atoms with Crippen LogP contribution in [0.15, 0.2) is 6.20 Å². The number of aromatic nitrogens is 2. The number of ether oxygens (including phenoxy) is 1. The van der Waals surface area contributed by atoms with Crippen LogP contribution in [0, 0.1) is 0 Å². The Kier molecular flexibility index (Phi) is 4.58. The minimum absolute atomic E-state index is 0.305. The summed E-state index contributed by atoms with van der Waals surface area (Å²) in [5.74, 6) is 0.589. The Balaban J connectivity index is 2.66. The number of likely N-dealkylation sites (N-methyl/N-ethyl adjacent to an activating group) is 1. The third-order valence-corrected chi connectivity index (χ3v) is 2.25. The zero-order valence-corrected chi connectivity index (χ0v) is 9.80. The first-order valence-electron chi connectivity index (χ1n) is 4.65. The van der Waals surface area contributed by atoms with Gasteiger partial charge in [0.15, 0.2) is 5.82 Å². The van der Waals surface area contributed by atoms with E-state index in [1.807, 2.05) is 7.05 Å². The molecule has 1 unspecified atom stereocenters. The SMILES string of the molecule is CNC(C)CNc1nc(OC)ncc1Cl. The van der Waals surface area contributed by atoms with Gasteiger partial charge in [-0.05, 0) is 14.0 Å². The van der Waals surface area contributed by atoms with E-state index in [1.165, 1.54) is 13.3 Å². The van der Waals surface area contributed by atoms with E-state index in [0.717, 1.165) is 6.54 Å². The Bertz CT molecular complexity index is 321. The standard InChI is InChI=1S/C9H15ClN4O/c1-6(11-2)4-12-8-7(10)5-13-9(14-8)15-3/h5-6,11H,4H2,1-3H3,(H,12,13,14). The number of nitrogens with one attached hydrogen (secondary N) is 2. The second kappa shape index (κ2) is 5.72. The molecule has 0 bridgehead atoms. The molecule has 0 spiro atoms. The molecule has 1 aromatic heterocycles. The maximum Gasteiger partial charge on any atom is 0.318 e. The lowest BCUT2D eigenvalue weighted by Crippen LogP contribution is -2.29. The first-order valence-corrected chi connectivity index (χ1v) is 5.02. The summed E-state index contributed by atoms with van der Waals surface area (Å²) in [6.07, 6.45) is 1.51. The van der Waals surface area contributed by atoms with Crippen molar-refractivity contribution in [3.05, 3.63) is 11.2 Å². The molecule has 1 heterocycles. The normalized spacial score (nSPS) is 12.3. The molecule has 0 saturated carbocycles. The molecule has 1 rings (SSSR count). The van der Waals surface area contributed by atoms with Gasteiger partial charge in [-0.25, -0.2) is 4.98 Å². The fourth-order valence-electron chi connectivity index (χ4n) is 0.925. The Morgan fingerprint density at radius 3 is 2.93 bits per heavy atom. The molecule has 0 saturated heterocycles. The number of rotatable bonds is 5. The summed E-state index contributed by atoms with van der Waals surface area (Å²) in [7, 11) is 3.41. The van der Waals surface area contributed by atoms with Crippen LogP contribution in [0.1, 0.15) is 6.92 Å². The minimum atomic E-state index is 0.305. The number of methoxy groups -OCH3 is 1. The summed E-state index contributed by atoms with van der Waals surface area (Å²) in [6.45, 7) is 2.79. The molecular formula is C9H15ClN4O. The second-order valence-electron chi connectivity index (χ2n) is 3.12. The largest absolute Gasteiger partial charge is 0.467 e. The van der Waals surface area contributed by atoms with Gasteiger partial charge in [0.2, 0.25) is 0 Å². The summed E-state index contributed by atoms with van der Waals surface area (Å²) in [5.41, 5.74) is 0. The summed E-state index contributed by atoms with van der Waals surface area (Å²) in [6, 6.07) is 0.640. The smallest absolute Gasteiger partial charge is 0.318 e. The van der Waals surface area contributed by atoms with Gasteiger partial charge in [-0.2, -0.15) is 4.98 Å². The van der Waals surface area contributed by atoms with Crippen molar-refractivity contribution in [3.63, 3.8) is 0 Å². The molecule has 0 amide bonds. The van der Waals surface area contributed by atoms with E-state index in [1.54, 1.807) is 0 Å². The highest BCUT2D eigenvalue weighted by atomic mass is 35.5. The average molecular weight is 231 g/mol. The molecule has 0 aliphatic rings. The van der Waals surface area contributed by atoms with Gasteiger partial charge in [0.05, 0.1) is 13.3 Å². The van der Waals surface area contributed by atoms with E-state index < -0.39 is 0 Å². The van der Waals surface area contributed by atoms with Crippen LogP contribution in [0.2, 0.25) is 5.02 Å². The predicted octanol–water partition coefficient (Wildman–Crippen LogP) is 1.16. The van der Waals surface area contributed by atoms with E-state index in [2.05, 4.69) is 27.5 Å². The summed E-state index contributed by atoms with van der Waals surface area (Å²) < 4.78 is 4.91.